The smallest absolute Gasteiger partial charge is 0.295 e. The van der Waals surface area contributed by atoms with Gasteiger partial charge in [0.1, 0.15) is 32.6 Å². The summed E-state index contributed by atoms with van der Waals surface area (Å²) in [6.45, 7) is -0.452. The van der Waals surface area contributed by atoms with E-state index in [1.807, 2.05) is 0 Å². The Bertz CT molecular complexity index is 2430. The van der Waals surface area contributed by atoms with E-state index < -0.39 is 36.6 Å². The molecule has 0 bridgehead atoms. The van der Waals surface area contributed by atoms with E-state index in [2.05, 4.69) is 20.5 Å². The van der Waals surface area contributed by atoms with Gasteiger partial charge in [-0.15, -0.1) is 15.3 Å². The Morgan fingerprint density at radius 2 is 0.980 bits per heavy atom. The summed E-state index contributed by atoms with van der Waals surface area (Å²) in [5.41, 5.74) is 1.62. The second kappa shape index (κ2) is 13.3. The van der Waals surface area contributed by atoms with Gasteiger partial charge in [-0.1, -0.05) is 60.7 Å². The molecule has 6 rings (SSSR count). The van der Waals surface area contributed by atoms with Crippen molar-refractivity contribution in [2.75, 3.05) is 7.11 Å². The van der Waals surface area contributed by atoms with Gasteiger partial charge in [0.15, 0.2) is 11.5 Å². The molecule has 0 saturated carbocycles. The van der Waals surface area contributed by atoms with E-state index in [-0.39, 0.29) is 61.5 Å². The summed E-state index contributed by atoms with van der Waals surface area (Å²) < 4.78 is 73.2. The fourth-order valence-electron chi connectivity index (χ4n) is 5.35. The molecule has 0 radical (unpaired) electrons. The second-order valence-electron chi connectivity index (χ2n) is 10.8. The molecule has 254 valence electrons. The predicted octanol–water partition coefficient (Wildman–Crippen LogP) is 7.90. The summed E-state index contributed by atoms with van der Waals surface area (Å²) in [5.74, 6) is -0.425. The minimum Gasteiger partial charge on any atom is -0.505 e. The van der Waals surface area contributed by atoms with E-state index in [1.54, 1.807) is 60.7 Å². The van der Waals surface area contributed by atoms with Gasteiger partial charge in [0.25, 0.3) is 20.2 Å². The number of rotatable bonds is 9. The summed E-state index contributed by atoms with van der Waals surface area (Å²) in [7, 11) is -7.91. The van der Waals surface area contributed by atoms with Gasteiger partial charge in [-0.2, -0.15) is 21.9 Å². The van der Waals surface area contributed by atoms with Crippen molar-refractivity contribution in [3.8, 4) is 28.4 Å². The maximum absolute atomic E-state index is 12.0. The SMILES string of the molecule is COc1cc(-c2ccc(N=Nc3cc(S(=O)(=O)O)c4ccccc4c3O)c(CO)c2)ccc1N=Nc1cc(S(=O)(=O)O)c2ccccc2c1O. The zero-order valence-electron chi connectivity index (χ0n) is 25.8. The van der Waals surface area contributed by atoms with Crippen molar-refractivity contribution >= 4 is 64.5 Å². The third kappa shape index (κ3) is 6.60. The Balaban J connectivity index is 1.32. The Morgan fingerprint density at radius 3 is 1.44 bits per heavy atom. The maximum Gasteiger partial charge on any atom is 0.295 e. The maximum atomic E-state index is 12.0. The standard InChI is InChI=1S/C34H26N4O10S2/c1-48-30-15-20(11-13-27(30)36-38-29-17-32(50(45,46)47)23-7-3-5-9-25(23)34(29)41)19-10-12-26(21(14-19)18-39)35-37-28-16-31(49(42,43)44)22-6-2-4-8-24(22)33(28)40/h2-17,39-41H,18H2,1H3,(H,42,43,44)(H,45,46,47). The summed E-state index contributed by atoms with van der Waals surface area (Å²) >= 11 is 0. The number of methoxy groups -OCH3 is 1. The van der Waals surface area contributed by atoms with E-state index in [9.17, 15) is 41.3 Å². The molecule has 0 aromatic heterocycles. The Labute approximate surface area is 284 Å². The normalized spacial score (nSPS) is 12.4. The van der Waals surface area contributed by atoms with Crippen LogP contribution in [-0.4, -0.2) is 48.4 Å². The minimum absolute atomic E-state index is 0.105. The van der Waals surface area contributed by atoms with Crippen LogP contribution >= 0.6 is 0 Å². The number of azo groups is 2. The number of nitrogens with zero attached hydrogens (tertiary/aromatic N) is 4. The second-order valence-corrected chi connectivity index (χ2v) is 13.6. The number of hydrogen-bond acceptors (Lipinski definition) is 12. The minimum atomic E-state index is -4.66. The predicted molar refractivity (Wildman–Crippen MR) is 184 cm³/mol. The first-order valence-electron chi connectivity index (χ1n) is 14.5. The van der Waals surface area contributed by atoms with Crippen molar-refractivity contribution in [2.45, 2.75) is 16.4 Å². The molecule has 0 saturated heterocycles. The van der Waals surface area contributed by atoms with Gasteiger partial charge in [0, 0.05) is 27.1 Å². The third-order valence-electron chi connectivity index (χ3n) is 7.77. The molecule has 16 heteroatoms. The monoisotopic (exact) mass is 714 g/mol. The Morgan fingerprint density at radius 1 is 0.560 bits per heavy atom. The number of hydrogen-bond donors (Lipinski definition) is 5. The molecule has 14 nitrogen and oxygen atoms in total. The highest BCUT2D eigenvalue weighted by molar-refractivity contribution is 7.86. The molecule has 0 amide bonds. The molecule has 0 aliphatic rings. The number of ether oxygens (including phenoxy) is 1. The van der Waals surface area contributed by atoms with Crippen LogP contribution in [0.5, 0.6) is 17.2 Å². The molecule has 0 spiro atoms. The van der Waals surface area contributed by atoms with Crippen LogP contribution in [0.1, 0.15) is 5.56 Å². The number of benzene rings is 6. The molecular formula is C34H26N4O10S2. The van der Waals surface area contributed by atoms with Gasteiger partial charge in [-0.3, -0.25) is 9.11 Å². The lowest BCUT2D eigenvalue weighted by molar-refractivity contribution is 0.282. The number of fused-ring (bicyclic) bond motifs is 2. The Hall–Kier alpha value is -5.78. The molecule has 0 unspecified atom stereocenters. The fourth-order valence-corrected chi connectivity index (χ4v) is 6.78. The molecule has 6 aromatic rings. The van der Waals surface area contributed by atoms with Crippen LogP contribution in [0, 0.1) is 0 Å². The number of aliphatic hydroxyl groups is 1. The molecular weight excluding hydrogens is 689 g/mol. The van der Waals surface area contributed by atoms with Crippen LogP contribution in [0.15, 0.2) is 127 Å². The van der Waals surface area contributed by atoms with Gasteiger partial charge < -0.3 is 20.1 Å². The quantitative estimate of drug-likeness (QED) is 0.0718. The number of phenolic OH excluding ortho intramolecular Hbond substituents is 2. The van der Waals surface area contributed by atoms with Gasteiger partial charge in [0.05, 0.1) is 19.4 Å². The first-order valence-corrected chi connectivity index (χ1v) is 17.4. The molecule has 0 fully saturated rings. The van der Waals surface area contributed by atoms with Crippen molar-refractivity contribution < 1.29 is 46.0 Å². The highest BCUT2D eigenvalue weighted by atomic mass is 32.2. The van der Waals surface area contributed by atoms with Crippen LogP contribution in [0.25, 0.3) is 32.7 Å². The van der Waals surface area contributed by atoms with E-state index in [0.717, 1.165) is 12.1 Å². The van der Waals surface area contributed by atoms with Crippen LogP contribution < -0.4 is 4.74 Å². The van der Waals surface area contributed by atoms with Crippen molar-refractivity contribution in [3.05, 3.63) is 103 Å². The van der Waals surface area contributed by atoms with E-state index in [1.165, 1.54) is 31.4 Å². The van der Waals surface area contributed by atoms with E-state index >= 15 is 0 Å². The van der Waals surface area contributed by atoms with E-state index in [0.29, 0.717) is 16.7 Å². The van der Waals surface area contributed by atoms with Crippen LogP contribution in [0.3, 0.4) is 0 Å². The van der Waals surface area contributed by atoms with Gasteiger partial charge in [-0.05, 0) is 47.5 Å². The number of phenols is 2. The summed E-state index contributed by atoms with van der Waals surface area (Å²) in [4.78, 5) is -0.895. The van der Waals surface area contributed by atoms with Crippen molar-refractivity contribution in [2.24, 2.45) is 20.5 Å². The van der Waals surface area contributed by atoms with Crippen LogP contribution in [0.2, 0.25) is 0 Å². The highest BCUT2D eigenvalue weighted by Crippen LogP contribution is 2.42. The summed E-state index contributed by atoms with van der Waals surface area (Å²) in [6, 6.07) is 23.9. The average molecular weight is 715 g/mol. The first kappa shape index (κ1) is 34.1. The Kier molecular flexibility index (Phi) is 9.04. The lowest BCUT2D eigenvalue weighted by Crippen LogP contribution is -1.99. The topological polar surface area (TPSA) is 228 Å². The van der Waals surface area contributed by atoms with Crippen LogP contribution in [-0.2, 0) is 26.8 Å². The van der Waals surface area contributed by atoms with Crippen molar-refractivity contribution in [1.29, 1.82) is 0 Å². The van der Waals surface area contributed by atoms with Gasteiger partial charge in [-0.25, -0.2) is 0 Å². The molecule has 0 heterocycles. The van der Waals surface area contributed by atoms with Crippen molar-refractivity contribution in [3.63, 3.8) is 0 Å². The average Bonchev–Trinajstić information content (AvgIpc) is 3.10. The molecule has 5 N–H and O–H groups in total. The van der Waals surface area contributed by atoms with E-state index in [4.69, 9.17) is 4.74 Å². The molecule has 0 atom stereocenters. The number of aromatic hydroxyl groups is 2. The summed E-state index contributed by atoms with van der Waals surface area (Å²) in [5, 5.41) is 48.5. The first-order chi connectivity index (χ1) is 23.8. The van der Waals surface area contributed by atoms with Crippen LogP contribution in [0.4, 0.5) is 22.7 Å². The largest absolute Gasteiger partial charge is 0.505 e. The molecule has 6 aromatic carbocycles. The number of aliphatic hydroxyl groups excluding tert-OH is 1. The highest BCUT2D eigenvalue weighted by Gasteiger charge is 2.21. The van der Waals surface area contributed by atoms with Crippen molar-refractivity contribution in [1.82, 2.24) is 0 Å². The third-order valence-corrected chi connectivity index (χ3v) is 9.55. The molecule has 50 heavy (non-hydrogen) atoms. The summed E-state index contributed by atoms with van der Waals surface area (Å²) in [6.07, 6.45) is 0. The molecule has 0 aliphatic carbocycles. The molecule has 0 aliphatic heterocycles. The van der Waals surface area contributed by atoms with Gasteiger partial charge in [0.2, 0.25) is 0 Å². The van der Waals surface area contributed by atoms with Gasteiger partial charge >= 0.3 is 0 Å². The lowest BCUT2D eigenvalue weighted by atomic mass is 10.0. The zero-order valence-corrected chi connectivity index (χ0v) is 27.5. The lowest BCUT2D eigenvalue weighted by Gasteiger charge is -2.11. The fraction of sp³-hybridized carbons (Fsp3) is 0.0588. The zero-order chi connectivity index (χ0) is 35.8.